The Balaban J connectivity index is 2.13. The summed E-state index contributed by atoms with van der Waals surface area (Å²) in [7, 11) is 1.63. The van der Waals surface area contributed by atoms with Gasteiger partial charge in [0.25, 0.3) is 0 Å². The van der Waals surface area contributed by atoms with Gasteiger partial charge in [-0.05, 0) is 32.4 Å². The van der Waals surface area contributed by atoms with Gasteiger partial charge in [-0.15, -0.1) is 0 Å². The molecule has 0 aliphatic carbocycles. The third-order valence-electron chi connectivity index (χ3n) is 4.07. The van der Waals surface area contributed by atoms with E-state index >= 15 is 0 Å². The Hall–Kier alpha value is -1.53. The molecule has 2 heterocycles. The number of carbonyl (C=O) groups is 1. The highest BCUT2D eigenvalue weighted by molar-refractivity contribution is 5.79. The van der Waals surface area contributed by atoms with Crippen molar-refractivity contribution < 1.29 is 9.53 Å². The molecule has 1 fully saturated rings. The first-order valence-corrected chi connectivity index (χ1v) is 7.96. The van der Waals surface area contributed by atoms with Gasteiger partial charge in [0.1, 0.15) is 6.33 Å². The second kappa shape index (κ2) is 8.80. The second-order valence-corrected chi connectivity index (χ2v) is 5.90. The van der Waals surface area contributed by atoms with Crippen molar-refractivity contribution in [1.82, 2.24) is 20.2 Å². The lowest BCUT2D eigenvalue weighted by atomic mass is 10.0. The standard InChI is InChI=1S/C16H26N4O2/c1-13(11-22-2)16(21)20(10-14-8-18-12-19-9-14)15-4-3-6-17-7-5-15/h8-9,12-13,15,17H,3-7,10-11H2,1-2H3/t13-,15-/m0/s1. The molecule has 1 N–H and O–H groups in total. The van der Waals surface area contributed by atoms with E-state index in [1.165, 1.54) is 6.33 Å². The molecule has 122 valence electrons. The van der Waals surface area contributed by atoms with Crippen LogP contribution in [0.2, 0.25) is 0 Å². The first kappa shape index (κ1) is 16.8. The Bertz CT molecular complexity index is 447. The van der Waals surface area contributed by atoms with Crippen molar-refractivity contribution in [3.8, 4) is 0 Å². The van der Waals surface area contributed by atoms with Crippen LogP contribution in [-0.2, 0) is 16.1 Å². The van der Waals surface area contributed by atoms with Crippen LogP contribution < -0.4 is 5.32 Å². The Labute approximate surface area is 132 Å². The molecule has 1 aromatic rings. The number of nitrogens with zero attached hydrogens (tertiary/aromatic N) is 3. The number of ether oxygens (including phenoxy) is 1. The summed E-state index contributed by atoms with van der Waals surface area (Å²) >= 11 is 0. The highest BCUT2D eigenvalue weighted by atomic mass is 16.5. The number of carbonyl (C=O) groups excluding carboxylic acids is 1. The highest BCUT2D eigenvalue weighted by Gasteiger charge is 2.28. The lowest BCUT2D eigenvalue weighted by molar-refractivity contribution is -0.140. The lowest BCUT2D eigenvalue weighted by Crippen LogP contribution is -2.43. The molecule has 1 aliphatic heterocycles. The van der Waals surface area contributed by atoms with Crippen LogP contribution >= 0.6 is 0 Å². The minimum absolute atomic E-state index is 0.133. The number of rotatable bonds is 6. The summed E-state index contributed by atoms with van der Waals surface area (Å²) in [5.74, 6) is 0.0171. The third-order valence-corrected chi connectivity index (χ3v) is 4.07. The van der Waals surface area contributed by atoms with E-state index in [0.29, 0.717) is 13.2 Å². The molecule has 0 bridgehead atoms. The monoisotopic (exact) mass is 306 g/mol. The van der Waals surface area contributed by atoms with Gasteiger partial charge < -0.3 is 15.0 Å². The van der Waals surface area contributed by atoms with Gasteiger partial charge in [0.15, 0.2) is 0 Å². The van der Waals surface area contributed by atoms with Crippen molar-refractivity contribution in [1.29, 1.82) is 0 Å². The summed E-state index contributed by atoms with van der Waals surface area (Å²) in [6, 6.07) is 0.266. The number of methoxy groups -OCH3 is 1. The molecule has 0 saturated carbocycles. The van der Waals surface area contributed by atoms with Crippen molar-refractivity contribution in [3.63, 3.8) is 0 Å². The molecule has 1 aromatic heterocycles. The van der Waals surface area contributed by atoms with E-state index in [0.717, 1.165) is 37.9 Å². The summed E-state index contributed by atoms with van der Waals surface area (Å²) in [6.45, 7) is 4.93. The fraction of sp³-hybridized carbons (Fsp3) is 0.688. The Morgan fingerprint density at radius 2 is 2.18 bits per heavy atom. The quantitative estimate of drug-likeness (QED) is 0.856. The predicted molar refractivity (Wildman–Crippen MR) is 84.1 cm³/mol. The molecule has 22 heavy (non-hydrogen) atoms. The Morgan fingerprint density at radius 1 is 1.41 bits per heavy atom. The van der Waals surface area contributed by atoms with Crippen LogP contribution in [-0.4, -0.2) is 53.6 Å². The van der Waals surface area contributed by atoms with Crippen molar-refractivity contribution in [2.75, 3.05) is 26.8 Å². The molecular formula is C16H26N4O2. The molecule has 6 nitrogen and oxygen atoms in total. The number of hydrogen-bond acceptors (Lipinski definition) is 5. The lowest BCUT2D eigenvalue weighted by Gasteiger charge is -2.33. The Morgan fingerprint density at radius 3 is 2.91 bits per heavy atom. The smallest absolute Gasteiger partial charge is 0.228 e. The van der Waals surface area contributed by atoms with E-state index < -0.39 is 0 Å². The number of nitrogens with one attached hydrogen (secondary N) is 1. The first-order valence-electron chi connectivity index (χ1n) is 7.96. The van der Waals surface area contributed by atoms with Crippen molar-refractivity contribution in [3.05, 3.63) is 24.3 Å². The predicted octanol–water partition coefficient (Wildman–Crippen LogP) is 1.23. The first-order chi connectivity index (χ1) is 10.7. The fourth-order valence-corrected chi connectivity index (χ4v) is 2.91. The van der Waals surface area contributed by atoms with Crippen LogP contribution in [0.4, 0.5) is 0 Å². The summed E-state index contributed by atoms with van der Waals surface area (Å²) in [6.07, 6.45) is 8.19. The Kier molecular flexibility index (Phi) is 6.74. The van der Waals surface area contributed by atoms with Crippen molar-refractivity contribution >= 4 is 5.91 Å². The zero-order valence-electron chi connectivity index (χ0n) is 13.5. The molecule has 0 spiro atoms. The van der Waals surface area contributed by atoms with Crippen molar-refractivity contribution in [2.45, 2.75) is 38.8 Å². The zero-order chi connectivity index (χ0) is 15.8. The van der Waals surface area contributed by atoms with E-state index in [9.17, 15) is 4.79 Å². The maximum absolute atomic E-state index is 12.8. The minimum Gasteiger partial charge on any atom is -0.384 e. The van der Waals surface area contributed by atoms with Gasteiger partial charge in [-0.25, -0.2) is 9.97 Å². The van der Waals surface area contributed by atoms with Gasteiger partial charge >= 0.3 is 0 Å². The normalized spacial score (nSPS) is 20.2. The molecule has 0 unspecified atom stereocenters. The van der Waals surface area contributed by atoms with E-state index in [4.69, 9.17) is 4.74 Å². The SMILES string of the molecule is COC[C@H](C)C(=O)N(Cc1cncnc1)[C@H]1CCCNCC1. The maximum atomic E-state index is 12.8. The zero-order valence-corrected chi connectivity index (χ0v) is 13.5. The average Bonchev–Trinajstić information content (AvgIpc) is 2.82. The van der Waals surface area contributed by atoms with Gasteiger partial charge in [-0.1, -0.05) is 6.92 Å². The largest absolute Gasteiger partial charge is 0.384 e. The minimum atomic E-state index is -0.133. The molecule has 0 aromatic carbocycles. The van der Waals surface area contributed by atoms with Crippen molar-refractivity contribution in [2.24, 2.45) is 5.92 Å². The molecule has 1 saturated heterocycles. The summed E-state index contributed by atoms with van der Waals surface area (Å²) in [5, 5.41) is 3.40. The van der Waals surface area contributed by atoms with Gasteiger partial charge in [0, 0.05) is 37.7 Å². The summed E-state index contributed by atoms with van der Waals surface area (Å²) < 4.78 is 5.15. The molecular weight excluding hydrogens is 280 g/mol. The molecule has 6 heteroatoms. The maximum Gasteiger partial charge on any atom is 0.228 e. The molecule has 0 radical (unpaired) electrons. The van der Waals surface area contributed by atoms with Crippen LogP contribution in [0, 0.1) is 5.92 Å². The summed E-state index contributed by atoms with van der Waals surface area (Å²) in [4.78, 5) is 22.9. The topological polar surface area (TPSA) is 67.3 Å². The third kappa shape index (κ3) is 4.74. The van der Waals surface area contributed by atoms with Crippen LogP contribution in [0.1, 0.15) is 31.7 Å². The average molecular weight is 306 g/mol. The second-order valence-electron chi connectivity index (χ2n) is 5.90. The van der Waals surface area contributed by atoms with Crippen LogP contribution in [0.25, 0.3) is 0 Å². The van der Waals surface area contributed by atoms with E-state index in [2.05, 4.69) is 15.3 Å². The molecule has 2 rings (SSSR count). The van der Waals surface area contributed by atoms with Crippen LogP contribution in [0.15, 0.2) is 18.7 Å². The van der Waals surface area contributed by atoms with Gasteiger partial charge in [0.05, 0.1) is 12.5 Å². The number of hydrogen-bond donors (Lipinski definition) is 1. The van der Waals surface area contributed by atoms with E-state index in [-0.39, 0.29) is 17.9 Å². The van der Waals surface area contributed by atoms with Crippen LogP contribution in [0.5, 0.6) is 0 Å². The molecule has 1 aliphatic rings. The summed E-state index contributed by atoms with van der Waals surface area (Å²) in [5.41, 5.74) is 0.970. The fourth-order valence-electron chi connectivity index (χ4n) is 2.91. The van der Waals surface area contributed by atoms with Gasteiger partial charge in [0.2, 0.25) is 5.91 Å². The molecule has 1 amide bonds. The van der Waals surface area contributed by atoms with E-state index in [1.54, 1.807) is 19.5 Å². The van der Waals surface area contributed by atoms with E-state index in [1.807, 2.05) is 11.8 Å². The number of amides is 1. The molecule has 2 atom stereocenters. The highest BCUT2D eigenvalue weighted by Crippen LogP contribution is 2.19. The van der Waals surface area contributed by atoms with Gasteiger partial charge in [-0.2, -0.15) is 0 Å². The van der Waals surface area contributed by atoms with Gasteiger partial charge in [-0.3, -0.25) is 4.79 Å². The van der Waals surface area contributed by atoms with Crippen LogP contribution in [0.3, 0.4) is 0 Å². The number of aromatic nitrogens is 2.